The first-order valence-electron chi connectivity index (χ1n) is 9.35. The Balaban J connectivity index is 1.98. The summed E-state index contributed by atoms with van der Waals surface area (Å²) < 4.78 is 28.1. The molecular formula is C17H26ClN5O5S. The van der Waals surface area contributed by atoms with Crippen molar-refractivity contribution in [3.05, 3.63) is 33.3 Å². The van der Waals surface area contributed by atoms with Gasteiger partial charge in [0.2, 0.25) is 5.91 Å². The number of carbonyl (C=O) groups excluding carboxylic acids is 1. The Morgan fingerprint density at radius 1 is 1.28 bits per heavy atom. The molecule has 1 fully saturated rings. The predicted octanol–water partition coefficient (Wildman–Crippen LogP) is 1.78. The van der Waals surface area contributed by atoms with Crippen molar-refractivity contribution in [2.75, 3.05) is 44.6 Å². The van der Waals surface area contributed by atoms with Crippen LogP contribution in [0.5, 0.6) is 0 Å². The Bertz CT molecular complexity index is 854. The van der Waals surface area contributed by atoms with Gasteiger partial charge in [0, 0.05) is 51.4 Å². The lowest BCUT2D eigenvalue weighted by Crippen LogP contribution is -2.56. The Labute approximate surface area is 175 Å². The van der Waals surface area contributed by atoms with Crippen LogP contribution in [0.2, 0.25) is 5.02 Å². The molecule has 1 atom stereocenters. The topological polar surface area (TPSA) is 116 Å². The van der Waals surface area contributed by atoms with E-state index in [-0.39, 0.29) is 22.3 Å². The molecule has 0 aromatic heterocycles. The van der Waals surface area contributed by atoms with E-state index in [1.165, 1.54) is 26.8 Å². The van der Waals surface area contributed by atoms with Crippen LogP contribution in [0.1, 0.15) is 20.8 Å². The summed E-state index contributed by atoms with van der Waals surface area (Å²) in [4.78, 5) is 24.7. The second kappa shape index (κ2) is 9.81. The lowest BCUT2D eigenvalue weighted by Gasteiger charge is -2.38. The highest BCUT2D eigenvalue weighted by Crippen LogP contribution is 2.27. The molecule has 0 aliphatic carbocycles. The van der Waals surface area contributed by atoms with Crippen LogP contribution in [0, 0.1) is 10.1 Å². The zero-order chi connectivity index (χ0) is 21.8. The number of nitro groups is 1. The van der Waals surface area contributed by atoms with E-state index >= 15 is 0 Å². The van der Waals surface area contributed by atoms with Gasteiger partial charge < -0.3 is 5.32 Å². The number of benzene rings is 1. The van der Waals surface area contributed by atoms with Crippen LogP contribution in [0.15, 0.2) is 18.2 Å². The summed E-state index contributed by atoms with van der Waals surface area (Å²) >= 11 is 6.02. The summed E-state index contributed by atoms with van der Waals surface area (Å²) in [6, 6.07) is 3.32. The largest absolute Gasteiger partial charge is 0.323 e. The molecule has 1 amide bonds. The molecule has 2 rings (SSSR count). The number of nitrogens with one attached hydrogen (secondary N) is 1. The van der Waals surface area contributed by atoms with E-state index in [0.29, 0.717) is 39.3 Å². The molecule has 10 nitrogen and oxygen atoms in total. The van der Waals surface area contributed by atoms with Crippen molar-refractivity contribution in [1.29, 1.82) is 0 Å². The van der Waals surface area contributed by atoms with E-state index in [1.54, 1.807) is 20.8 Å². The predicted molar refractivity (Wildman–Crippen MR) is 111 cm³/mol. The second-order valence-electron chi connectivity index (χ2n) is 6.61. The number of hydrogen-bond donors (Lipinski definition) is 1. The van der Waals surface area contributed by atoms with Crippen LogP contribution in [-0.4, -0.2) is 78.1 Å². The Kier molecular flexibility index (Phi) is 7.94. The fraction of sp³-hybridized carbons (Fsp3) is 0.588. The van der Waals surface area contributed by atoms with Gasteiger partial charge in [-0.15, -0.1) is 0 Å². The summed E-state index contributed by atoms with van der Waals surface area (Å²) in [7, 11) is -3.49. The zero-order valence-electron chi connectivity index (χ0n) is 16.7. The molecule has 1 aliphatic rings. The van der Waals surface area contributed by atoms with Gasteiger partial charge in [-0.25, -0.2) is 0 Å². The van der Waals surface area contributed by atoms with Gasteiger partial charge in [-0.1, -0.05) is 25.4 Å². The maximum absolute atomic E-state index is 12.6. The molecule has 0 spiro atoms. The number of halogens is 1. The number of nitro benzene ring substituents is 1. The van der Waals surface area contributed by atoms with Gasteiger partial charge in [-0.2, -0.15) is 17.0 Å². The molecule has 1 aromatic carbocycles. The molecule has 12 heteroatoms. The standard InChI is InChI=1S/C17H26ClN5O5S/c1-4-21(5-2)29(27,28)22-10-8-20(9-11-22)13(3)17(24)19-16-7-6-14(23(25)26)12-15(16)18/h6-7,12-13H,4-5,8-11H2,1-3H3,(H,19,24). The van der Waals surface area contributed by atoms with Crippen molar-refractivity contribution in [3.63, 3.8) is 0 Å². The number of non-ortho nitro benzene ring substituents is 1. The van der Waals surface area contributed by atoms with E-state index in [9.17, 15) is 23.3 Å². The number of rotatable bonds is 8. The number of hydrogen-bond acceptors (Lipinski definition) is 6. The van der Waals surface area contributed by atoms with E-state index in [1.807, 2.05) is 4.90 Å². The molecule has 1 N–H and O–H groups in total. The lowest BCUT2D eigenvalue weighted by molar-refractivity contribution is -0.384. The maximum Gasteiger partial charge on any atom is 0.282 e. The third-order valence-corrected chi connectivity index (χ3v) is 7.48. The van der Waals surface area contributed by atoms with Crippen molar-refractivity contribution in [1.82, 2.24) is 13.5 Å². The number of carbonyl (C=O) groups is 1. The van der Waals surface area contributed by atoms with Crippen molar-refractivity contribution in [2.24, 2.45) is 0 Å². The summed E-state index contributed by atoms with van der Waals surface area (Å²) in [5, 5.41) is 13.5. The number of amides is 1. The lowest BCUT2D eigenvalue weighted by atomic mass is 10.2. The monoisotopic (exact) mass is 447 g/mol. The Morgan fingerprint density at radius 3 is 2.34 bits per heavy atom. The first-order valence-corrected chi connectivity index (χ1v) is 11.1. The normalized spacial score (nSPS) is 17.3. The van der Waals surface area contributed by atoms with Gasteiger partial charge in [-0.05, 0) is 13.0 Å². The van der Waals surface area contributed by atoms with Crippen molar-refractivity contribution in [3.8, 4) is 0 Å². The molecule has 162 valence electrons. The molecule has 1 aromatic rings. The first kappa shape index (κ1) is 23.5. The van der Waals surface area contributed by atoms with Crippen LogP contribution in [0.4, 0.5) is 11.4 Å². The van der Waals surface area contributed by atoms with E-state index in [2.05, 4.69) is 5.32 Å². The minimum atomic E-state index is -3.49. The highest BCUT2D eigenvalue weighted by atomic mass is 35.5. The van der Waals surface area contributed by atoms with Crippen molar-refractivity contribution < 1.29 is 18.1 Å². The summed E-state index contributed by atoms with van der Waals surface area (Å²) in [6.45, 7) is 7.58. The van der Waals surface area contributed by atoms with Crippen LogP contribution in [-0.2, 0) is 15.0 Å². The van der Waals surface area contributed by atoms with Gasteiger partial charge in [0.1, 0.15) is 0 Å². The van der Waals surface area contributed by atoms with Crippen molar-refractivity contribution >= 4 is 39.1 Å². The Morgan fingerprint density at radius 2 is 1.86 bits per heavy atom. The third-order valence-electron chi connectivity index (χ3n) is 4.98. The number of nitrogens with zero attached hydrogens (tertiary/aromatic N) is 4. The molecule has 0 saturated carbocycles. The van der Waals surface area contributed by atoms with Gasteiger partial charge in [-0.3, -0.25) is 19.8 Å². The SMILES string of the molecule is CCN(CC)S(=O)(=O)N1CCN(C(C)C(=O)Nc2ccc([N+](=O)[O-])cc2Cl)CC1. The molecule has 0 radical (unpaired) electrons. The molecule has 1 saturated heterocycles. The van der Waals surface area contributed by atoms with Crippen LogP contribution in [0.25, 0.3) is 0 Å². The van der Waals surface area contributed by atoms with E-state index in [0.717, 1.165) is 0 Å². The van der Waals surface area contributed by atoms with Gasteiger partial charge in [0.15, 0.2) is 0 Å². The summed E-state index contributed by atoms with van der Waals surface area (Å²) in [5.41, 5.74) is 0.128. The maximum atomic E-state index is 12.6. The third kappa shape index (κ3) is 5.43. The average molecular weight is 448 g/mol. The summed E-state index contributed by atoms with van der Waals surface area (Å²) in [6.07, 6.45) is 0. The molecule has 0 bridgehead atoms. The van der Waals surface area contributed by atoms with E-state index in [4.69, 9.17) is 11.6 Å². The van der Waals surface area contributed by atoms with Gasteiger partial charge in [0.05, 0.1) is 21.7 Å². The van der Waals surface area contributed by atoms with Gasteiger partial charge in [0.25, 0.3) is 15.9 Å². The number of piperazine rings is 1. The van der Waals surface area contributed by atoms with Crippen LogP contribution >= 0.6 is 11.6 Å². The first-order chi connectivity index (χ1) is 13.6. The minimum absolute atomic E-state index is 0.0786. The van der Waals surface area contributed by atoms with Gasteiger partial charge >= 0.3 is 0 Å². The quantitative estimate of drug-likeness (QED) is 0.479. The molecule has 1 unspecified atom stereocenters. The fourth-order valence-electron chi connectivity index (χ4n) is 3.16. The molecular weight excluding hydrogens is 422 g/mol. The summed E-state index contributed by atoms with van der Waals surface area (Å²) in [5.74, 6) is -0.319. The minimum Gasteiger partial charge on any atom is -0.323 e. The second-order valence-corrected chi connectivity index (χ2v) is 8.95. The highest BCUT2D eigenvalue weighted by molar-refractivity contribution is 7.86. The fourth-order valence-corrected chi connectivity index (χ4v) is 4.98. The van der Waals surface area contributed by atoms with Crippen molar-refractivity contribution in [2.45, 2.75) is 26.8 Å². The Hall–Kier alpha value is -1.79. The molecule has 1 heterocycles. The molecule has 29 heavy (non-hydrogen) atoms. The van der Waals surface area contributed by atoms with E-state index < -0.39 is 21.2 Å². The number of anilines is 1. The van der Waals surface area contributed by atoms with Crippen LogP contribution in [0.3, 0.4) is 0 Å². The average Bonchev–Trinajstić information content (AvgIpc) is 2.69. The zero-order valence-corrected chi connectivity index (χ0v) is 18.2. The molecule has 1 aliphatic heterocycles. The highest BCUT2D eigenvalue weighted by Gasteiger charge is 2.33. The van der Waals surface area contributed by atoms with Crippen LogP contribution < -0.4 is 5.32 Å². The smallest absolute Gasteiger partial charge is 0.282 e.